The first-order valence-electron chi connectivity index (χ1n) is 8.90. The highest BCUT2D eigenvalue weighted by atomic mass is 32.1. The Kier molecular flexibility index (Phi) is 5.57. The van der Waals surface area contributed by atoms with Crippen molar-refractivity contribution in [2.75, 3.05) is 36.5 Å². The van der Waals surface area contributed by atoms with Crippen LogP contribution in [0.15, 0.2) is 17.1 Å². The van der Waals surface area contributed by atoms with E-state index in [-0.39, 0.29) is 18.0 Å². The van der Waals surface area contributed by atoms with Crippen LogP contribution in [0.2, 0.25) is 0 Å². The Morgan fingerprint density at radius 1 is 1.35 bits per heavy atom. The summed E-state index contributed by atoms with van der Waals surface area (Å²) in [5, 5.41) is 5.28. The lowest BCUT2D eigenvalue weighted by Gasteiger charge is -2.32. The standard InChI is InChI=1S/C17H22FN5O2S/c18-13-7-19-17(22-16(13)23-4-1-2-5-23)21-14-3-6-24-9-15(14)25-8-12-10-26-11-20-12/h7,10-11,14-15H,1-6,8-9H2,(H,19,21,22)/t14-,15-/m1/s1. The molecule has 2 atom stereocenters. The number of aromatic nitrogens is 3. The number of halogens is 1. The molecule has 9 heteroatoms. The Hall–Kier alpha value is -1.84. The van der Waals surface area contributed by atoms with Gasteiger partial charge in [-0.25, -0.2) is 14.4 Å². The van der Waals surface area contributed by atoms with Gasteiger partial charge in [-0.05, 0) is 19.3 Å². The van der Waals surface area contributed by atoms with E-state index < -0.39 is 0 Å². The van der Waals surface area contributed by atoms with E-state index in [4.69, 9.17) is 9.47 Å². The number of hydrogen-bond donors (Lipinski definition) is 1. The number of thiazole rings is 1. The molecule has 4 rings (SSSR count). The number of hydrogen-bond acceptors (Lipinski definition) is 8. The summed E-state index contributed by atoms with van der Waals surface area (Å²) in [5.74, 6) is 0.440. The lowest BCUT2D eigenvalue weighted by Crippen LogP contribution is -2.44. The van der Waals surface area contributed by atoms with Crippen molar-refractivity contribution in [2.24, 2.45) is 0 Å². The van der Waals surface area contributed by atoms with Gasteiger partial charge in [0.2, 0.25) is 5.95 Å². The van der Waals surface area contributed by atoms with Crippen LogP contribution in [0, 0.1) is 5.82 Å². The first kappa shape index (κ1) is 17.6. The molecule has 0 aromatic carbocycles. The van der Waals surface area contributed by atoms with Crippen molar-refractivity contribution in [1.82, 2.24) is 15.0 Å². The van der Waals surface area contributed by atoms with Crippen molar-refractivity contribution < 1.29 is 13.9 Å². The molecule has 26 heavy (non-hydrogen) atoms. The summed E-state index contributed by atoms with van der Waals surface area (Å²) in [4.78, 5) is 14.7. The van der Waals surface area contributed by atoms with Gasteiger partial charge < -0.3 is 19.7 Å². The molecule has 2 aliphatic rings. The molecule has 4 heterocycles. The maximum atomic E-state index is 14.1. The highest BCUT2D eigenvalue weighted by molar-refractivity contribution is 7.07. The van der Waals surface area contributed by atoms with E-state index in [1.165, 1.54) is 6.20 Å². The Morgan fingerprint density at radius 2 is 2.23 bits per heavy atom. The lowest BCUT2D eigenvalue weighted by atomic mass is 10.1. The highest BCUT2D eigenvalue weighted by Gasteiger charge is 2.28. The molecule has 0 amide bonds. The fourth-order valence-corrected chi connectivity index (χ4v) is 3.83. The zero-order valence-electron chi connectivity index (χ0n) is 14.4. The number of ether oxygens (including phenoxy) is 2. The van der Waals surface area contributed by atoms with Crippen LogP contribution in [0.25, 0.3) is 0 Å². The SMILES string of the molecule is Fc1cnc(N[C@@H]2CCOC[C@H]2OCc2cscn2)nc1N1CCCC1. The number of nitrogens with one attached hydrogen (secondary N) is 1. The summed E-state index contributed by atoms with van der Waals surface area (Å²) in [6.07, 6.45) is 4.03. The molecular weight excluding hydrogens is 357 g/mol. The second kappa shape index (κ2) is 8.24. The summed E-state index contributed by atoms with van der Waals surface area (Å²) < 4.78 is 25.6. The summed E-state index contributed by atoms with van der Waals surface area (Å²) in [7, 11) is 0. The molecule has 1 N–H and O–H groups in total. The Balaban J connectivity index is 1.43. The van der Waals surface area contributed by atoms with Gasteiger partial charge in [-0.2, -0.15) is 4.98 Å². The molecule has 0 unspecified atom stereocenters. The van der Waals surface area contributed by atoms with Gasteiger partial charge in [0.25, 0.3) is 0 Å². The summed E-state index contributed by atoms with van der Waals surface area (Å²) in [6.45, 7) is 3.27. The van der Waals surface area contributed by atoms with Crippen molar-refractivity contribution in [3.63, 3.8) is 0 Å². The van der Waals surface area contributed by atoms with Crippen LogP contribution in [-0.4, -0.2) is 53.4 Å². The van der Waals surface area contributed by atoms with Crippen LogP contribution < -0.4 is 10.2 Å². The van der Waals surface area contributed by atoms with Crippen molar-refractivity contribution in [2.45, 2.75) is 38.0 Å². The predicted molar refractivity (Wildman–Crippen MR) is 97.0 cm³/mol. The van der Waals surface area contributed by atoms with E-state index in [1.807, 2.05) is 10.3 Å². The monoisotopic (exact) mass is 379 g/mol. The minimum atomic E-state index is -0.374. The molecular formula is C17H22FN5O2S. The van der Waals surface area contributed by atoms with Crippen molar-refractivity contribution >= 4 is 23.1 Å². The molecule has 0 aliphatic carbocycles. The van der Waals surface area contributed by atoms with Gasteiger partial charge >= 0.3 is 0 Å². The third-order valence-electron chi connectivity index (χ3n) is 4.68. The number of nitrogens with zero attached hydrogens (tertiary/aromatic N) is 4. The quantitative estimate of drug-likeness (QED) is 0.826. The van der Waals surface area contributed by atoms with Gasteiger partial charge in [0.15, 0.2) is 11.6 Å². The molecule has 0 bridgehead atoms. The molecule has 2 aromatic heterocycles. The average molecular weight is 379 g/mol. The third-order valence-corrected chi connectivity index (χ3v) is 5.31. The molecule has 2 aromatic rings. The number of anilines is 2. The second-order valence-corrected chi connectivity index (χ2v) is 7.22. The van der Waals surface area contributed by atoms with Gasteiger partial charge in [0.1, 0.15) is 6.10 Å². The maximum absolute atomic E-state index is 14.1. The molecule has 140 valence electrons. The van der Waals surface area contributed by atoms with E-state index in [1.54, 1.807) is 16.8 Å². The van der Waals surface area contributed by atoms with Crippen molar-refractivity contribution in [1.29, 1.82) is 0 Å². The van der Waals surface area contributed by atoms with E-state index in [0.717, 1.165) is 38.0 Å². The topological polar surface area (TPSA) is 72.4 Å². The summed E-state index contributed by atoms with van der Waals surface area (Å²) in [5.41, 5.74) is 2.70. The van der Waals surface area contributed by atoms with E-state index in [0.29, 0.717) is 31.6 Å². The van der Waals surface area contributed by atoms with Crippen LogP contribution >= 0.6 is 11.3 Å². The van der Waals surface area contributed by atoms with Crippen LogP contribution in [0.1, 0.15) is 25.0 Å². The van der Waals surface area contributed by atoms with Crippen LogP contribution in [0.3, 0.4) is 0 Å². The summed E-state index contributed by atoms with van der Waals surface area (Å²) in [6, 6.07) is 0.0132. The number of rotatable bonds is 6. The predicted octanol–water partition coefficient (Wildman–Crippen LogP) is 2.46. The van der Waals surface area contributed by atoms with E-state index >= 15 is 0 Å². The zero-order chi connectivity index (χ0) is 17.8. The fraction of sp³-hybridized carbons (Fsp3) is 0.588. The molecule has 2 fully saturated rings. The lowest BCUT2D eigenvalue weighted by molar-refractivity contribution is -0.0645. The molecule has 7 nitrogen and oxygen atoms in total. The third kappa shape index (κ3) is 4.11. The molecule has 0 spiro atoms. The normalized spacial score (nSPS) is 23.3. The summed E-state index contributed by atoms with van der Waals surface area (Å²) >= 11 is 1.55. The first-order valence-corrected chi connectivity index (χ1v) is 9.84. The Morgan fingerprint density at radius 3 is 3.04 bits per heavy atom. The van der Waals surface area contributed by atoms with Gasteiger partial charge in [-0.3, -0.25) is 0 Å². The average Bonchev–Trinajstić information content (AvgIpc) is 3.36. The fourth-order valence-electron chi connectivity index (χ4n) is 3.29. The first-order chi connectivity index (χ1) is 12.8. The molecule has 2 saturated heterocycles. The molecule has 2 aliphatic heterocycles. The van der Waals surface area contributed by atoms with Crippen molar-refractivity contribution in [3.05, 3.63) is 28.6 Å². The van der Waals surface area contributed by atoms with Gasteiger partial charge in [0.05, 0.1) is 36.7 Å². The molecule has 0 saturated carbocycles. The maximum Gasteiger partial charge on any atom is 0.225 e. The van der Waals surface area contributed by atoms with Gasteiger partial charge in [-0.1, -0.05) is 0 Å². The van der Waals surface area contributed by atoms with Crippen molar-refractivity contribution in [3.8, 4) is 0 Å². The largest absolute Gasteiger partial charge is 0.379 e. The van der Waals surface area contributed by atoms with Crippen LogP contribution in [0.5, 0.6) is 0 Å². The Labute approximate surface area is 155 Å². The smallest absolute Gasteiger partial charge is 0.225 e. The minimum absolute atomic E-state index is 0.0132. The van der Waals surface area contributed by atoms with Gasteiger partial charge in [0, 0.05) is 25.1 Å². The Bertz CT molecular complexity index is 711. The van der Waals surface area contributed by atoms with E-state index in [9.17, 15) is 4.39 Å². The van der Waals surface area contributed by atoms with Crippen LogP contribution in [0.4, 0.5) is 16.2 Å². The van der Waals surface area contributed by atoms with E-state index in [2.05, 4.69) is 20.3 Å². The van der Waals surface area contributed by atoms with Gasteiger partial charge in [-0.15, -0.1) is 11.3 Å². The highest BCUT2D eigenvalue weighted by Crippen LogP contribution is 2.23. The zero-order valence-corrected chi connectivity index (χ0v) is 15.3. The molecule has 0 radical (unpaired) electrons. The van der Waals surface area contributed by atoms with Crippen LogP contribution in [-0.2, 0) is 16.1 Å². The minimum Gasteiger partial charge on any atom is -0.379 e. The second-order valence-electron chi connectivity index (χ2n) is 6.50.